The molecule has 2 heteroatoms. The van der Waals surface area contributed by atoms with Gasteiger partial charge in [0.1, 0.15) is 0 Å². The highest BCUT2D eigenvalue weighted by Crippen LogP contribution is 1.88. The Labute approximate surface area is 87.4 Å². The van der Waals surface area contributed by atoms with Gasteiger partial charge in [-0.1, -0.05) is 55.8 Å². The van der Waals surface area contributed by atoms with E-state index in [1.807, 2.05) is 51.2 Å². The van der Waals surface area contributed by atoms with E-state index >= 15 is 0 Å². The fraction of sp³-hybridized carbons (Fsp3) is 0.455. The smallest absolute Gasteiger partial charge is 0.0319 e. The van der Waals surface area contributed by atoms with Crippen LogP contribution in [-0.4, -0.2) is 12.2 Å². The van der Waals surface area contributed by atoms with Crippen molar-refractivity contribution in [2.75, 3.05) is 7.11 Å². The van der Waals surface area contributed by atoms with E-state index in [4.69, 9.17) is 16.7 Å². The number of allylic oxidation sites excluding steroid dienone is 5. The van der Waals surface area contributed by atoms with Crippen molar-refractivity contribution in [1.29, 1.82) is 0 Å². The Balaban J connectivity index is -0.000000218. The number of halogens is 1. The molecule has 0 atom stereocenters. The summed E-state index contributed by atoms with van der Waals surface area (Å²) in [4.78, 5) is 0. The van der Waals surface area contributed by atoms with Gasteiger partial charge in [-0.15, -0.1) is 0 Å². The number of aliphatic hydroxyl groups excluding tert-OH is 1. The summed E-state index contributed by atoms with van der Waals surface area (Å²) in [6, 6.07) is 0. The molecule has 0 rings (SSSR count). The van der Waals surface area contributed by atoms with E-state index in [2.05, 4.69) is 0 Å². The molecule has 0 radical (unpaired) electrons. The molecule has 0 saturated heterocycles. The van der Waals surface area contributed by atoms with Crippen molar-refractivity contribution < 1.29 is 5.11 Å². The maximum Gasteiger partial charge on any atom is 0.0319 e. The van der Waals surface area contributed by atoms with Gasteiger partial charge in [-0.3, -0.25) is 0 Å². The molecule has 0 bridgehead atoms. The molecule has 0 saturated carbocycles. The van der Waals surface area contributed by atoms with Crippen LogP contribution in [0.1, 0.15) is 27.2 Å². The van der Waals surface area contributed by atoms with Crippen molar-refractivity contribution in [2.45, 2.75) is 27.2 Å². The van der Waals surface area contributed by atoms with E-state index in [1.165, 1.54) is 5.54 Å². The van der Waals surface area contributed by atoms with Crippen LogP contribution in [0.4, 0.5) is 0 Å². The second-order valence-electron chi connectivity index (χ2n) is 1.55. The molecule has 0 amide bonds. The Hall–Kier alpha value is -0.530. The van der Waals surface area contributed by atoms with Crippen LogP contribution in [0.3, 0.4) is 0 Å². The molecule has 0 fully saturated rings. The molecule has 1 N–H and O–H groups in total. The number of hydrogen-bond acceptors (Lipinski definition) is 1. The van der Waals surface area contributed by atoms with E-state index in [1.54, 1.807) is 0 Å². The highest BCUT2D eigenvalue weighted by atomic mass is 35.5. The lowest BCUT2D eigenvalue weighted by Gasteiger charge is -1.75. The number of hydrogen-bond donors (Lipinski definition) is 1. The average Bonchev–Trinajstić information content (AvgIpc) is 2.24. The monoisotopic (exact) mass is 204 g/mol. The number of aliphatic hydroxyl groups is 1. The van der Waals surface area contributed by atoms with E-state index in [0.717, 1.165) is 13.5 Å². The molecule has 0 aromatic carbocycles. The molecule has 0 spiro atoms. The van der Waals surface area contributed by atoms with Crippen LogP contribution in [0.5, 0.6) is 0 Å². The molecule has 0 aromatic rings. The van der Waals surface area contributed by atoms with Gasteiger partial charge in [0.2, 0.25) is 0 Å². The highest BCUT2D eigenvalue weighted by molar-refractivity contribution is 6.25. The van der Waals surface area contributed by atoms with Gasteiger partial charge in [-0.05, 0) is 13.3 Å². The van der Waals surface area contributed by atoms with Crippen molar-refractivity contribution in [3.63, 3.8) is 0 Å². The first kappa shape index (κ1) is 18.3. The van der Waals surface area contributed by atoms with E-state index in [-0.39, 0.29) is 0 Å². The van der Waals surface area contributed by atoms with Crippen LogP contribution in [0, 0.1) is 0 Å². The minimum atomic E-state index is 0.911. The third kappa shape index (κ3) is 34.4. The Kier molecular flexibility index (Phi) is 42.3. The summed E-state index contributed by atoms with van der Waals surface area (Å²) in [6.45, 7) is 5.99. The van der Waals surface area contributed by atoms with Crippen molar-refractivity contribution in [2.24, 2.45) is 0 Å². The van der Waals surface area contributed by atoms with Crippen molar-refractivity contribution >= 4 is 11.6 Å². The first-order valence-corrected chi connectivity index (χ1v) is 4.83. The molecule has 0 unspecified atom stereocenters. The highest BCUT2D eigenvalue weighted by Gasteiger charge is 1.65. The van der Waals surface area contributed by atoms with Gasteiger partial charge in [0, 0.05) is 12.6 Å². The predicted molar refractivity (Wildman–Crippen MR) is 63.1 cm³/mol. The minimum Gasteiger partial charge on any atom is -0.400 e. The molecule has 0 aliphatic heterocycles. The van der Waals surface area contributed by atoms with Crippen LogP contribution in [0.2, 0.25) is 0 Å². The van der Waals surface area contributed by atoms with Gasteiger partial charge < -0.3 is 5.11 Å². The summed E-state index contributed by atoms with van der Waals surface area (Å²) in [7, 11) is 1.00. The summed E-state index contributed by atoms with van der Waals surface area (Å²) in [6.07, 6.45) is 10.8. The quantitative estimate of drug-likeness (QED) is 0.692. The molecule has 0 aliphatic carbocycles. The summed E-state index contributed by atoms with van der Waals surface area (Å²) in [5.74, 6) is 0. The molecule has 1 nitrogen and oxygen atoms in total. The maximum absolute atomic E-state index is 7.00. The summed E-state index contributed by atoms with van der Waals surface area (Å²) >= 11 is 5.28. The molecule has 13 heavy (non-hydrogen) atoms. The SMILES string of the molecule is C/C=C/C=C\C/C=C/Cl.CC.CO. The molecular formula is C11H21ClO. The zero-order chi connectivity index (χ0) is 10.9. The third-order valence-corrected chi connectivity index (χ3v) is 0.979. The zero-order valence-corrected chi connectivity index (χ0v) is 9.75. The molecule has 0 aromatic heterocycles. The topological polar surface area (TPSA) is 20.2 Å². The number of rotatable bonds is 3. The van der Waals surface area contributed by atoms with Crippen LogP contribution in [0.15, 0.2) is 35.9 Å². The lowest BCUT2D eigenvalue weighted by Crippen LogP contribution is -1.53. The fourth-order valence-corrected chi connectivity index (χ4v) is 0.501. The maximum atomic E-state index is 7.00. The average molecular weight is 205 g/mol. The van der Waals surface area contributed by atoms with E-state index in [9.17, 15) is 0 Å². The Morgan fingerprint density at radius 3 is 2.00 bits per heavy atom. The largest absolute Gasteiger partial charge is 0.400 e. The van der Waals surface area contributed by atoms with Gasteiger partial charge in [-0.25, -0.2) is 0 Å². The Morgan fingerprint density at radius 1 is 1.08 bits per heavy atom. The molecule has 0 heterocycles. The standard InChI is InChI=1S/C8H11Cl.C2H6.CH4O/c1-2-3-4-5-6-7-8-9;2*1-2/h2-5,7-8H,6H2,1H3;1-2H3;2H,1H3/b3-2+,5-4-,8-7+;;. The Morgan fingerprint density at radius 2 is 1.62 bits per heavy atom. The first-order chi connectivity index (χ1) is 6.41. The van der Waals surface area contributed by atoms with Crippen LogP contribution in [-0.2, 0) is 0 Å². The van der Waals surface area contributed by atoms with Crippen LogP contribution >= 0.6 is 11.6 Å². The van der Waals surface area contributed by atoms with Gasteiger partial charge in [0.25, 0.3) is 0 Å². The second kappa shape index (κ2) is 30.0. The second-order valence-corrected chi connectivity index (χ2v) is 1.80. The predicted octanol–water partition coefficient (Wildman–Crippen LogP) is 3.90. The molecular weight excluding hydrogens is 184 g/mol. The first-order valence-electron chi connectivity index (χ1n) is 4.39. The van der Waals surface area contributed by atoms with Crippen molar-refractivity contribution in [3.8, 4) is 0 Å². The van der Waals surface area contributed by atoms with Gasteiger partial charge in [0.15, 0.2) is 0 Å². The summed E-state index contributed by atoms with van der Waals surface area (Å²) in [5, 5.41) is 7.00. The third-order valence-electron chi connectivity index (χ3n) is 0.801. The molecule has 0 aliphatic rings. The zero-order valence-electron chi connectivity index (χ0n) is 9.00. The van der Waals surface area contributed by atoms with Crippen molar-refractivity contribution in [1.82, 2.24) is 0 Å². The van der Waals surface area contributed by atoms with Crippen LogP contribution < -0.4 is 0 Å². The van der Waals surface area contributed by atoms with Gasteiger partial charge in [-0.2, -0.15) is 0 Å². The van der Waals surface area contributed by atoms with Gasteiger partial charge in [0.05, 0.1) is 0 Å². The minimum absolute atomic E-state index is 0.911. The van der Waals surface area contributed by atoms with Crippen molar-refractivity contribution in [3.05, 3.63) is 35.9 Å². The molecule has 78 valence electrons. The lowest BCUT2D eigenvalue weighted by atomic mass is 10.3. The van der Waals surface area contributed by atoms with Crippen LogP contribution in [0.25, 0.3) is 0 Å². The normalized spacial score (nSPS) is 9.69. The lowest BCUT2D eigenvalue weighted by molar-refractivity contribution is 0.399. The summed E-state index contributed by atoms with van der Waals surface area (Å²) < 4.78 is 0. The summed E-state index contributed by atoms with van der Waals surface area (Å²) in [5.41, 5.74) is 1.53. The van der Waals surface area contributed by atoms with Gasteiger partial charge >= 0.3 is 0 Å². The fourth-order valence-electron chi connectivity index (χ4n) is 0.398. The Bertz CT molecular complexity index is 126. The van der Waals surface area contributed by atoms with E-state index in [0.29, 0.717) is 0 Å². The van der Waals surface area contributed by atoms with E-state index < -0.39 is 0 Å².